The molecule has 1 aromatic carbocycles. The average molecular weight is 285 g/mol. The number of anilines is 1. The molecule has 0 fully saturated rings. The van der Waals surface area contributed by atoms with Crippen molar-refractivity contribution in [2.24, 2.45) is 0 Å². The Morgan fingerprint density at radius 2 is 2.07 bits per heavy atom. The van der Waals surface area contributed by atoms with Gasteiger partial charge in [0.2, 0.25) is 0 Å². The van der Waals surface area contributed by atoms with E-state index in [1.807, 2.05) is 0 Å². The molecule has 0 N–H and O–H groups in total. The average Bonchev–Trinajstić information content (AvgIpc) is 2.62. The second-order valence-electron chi connectivity index (χ2n) is 3.28. The summed E-state index contributed by atoms with van der Waals surface area (Å²) in [5.41, 5.74) is 1.08. The number of fused-ring (bicyclic) bond motifs is 1. The third kappa shape index (κ3) is 2.16. The molecule has 15 heavy (non-hydrogen) atoms. The Hall–Kier alpha value is -0.610. The van der Waals surface area contributed by atoms with Crippen LogP contribution in [0.5, 0.6) is 0 Å². The first-order chi connectivity index (χ1) is 7.24. The Kier molecular flexibility index (Phi) is 3.26. The summed E-state index contributed by atoms with van der Waals surface area (Å²) in [6.07, 6.45) is 0. The van der Waals surface area contributed by atoms with Crippen LogP contribution in [-0.4, -0.2) is 18.1 Å². The van der Waals surface area contributed by atoms with Crippen molar-refractivity contribution in [3.63, 3.8) is 0 Å². The third-order valence-corrected chi connectivity index (χ3v) is 3.96. The molecule has 0 spiro atoms. The van der Waals surface area contributed by atoms with Gasteiger partial charge in [0.25, 0.3) is 0 Å². The van der Waals surface area contributed by atoms with Gasteiger partial charge in [-0.05, 0) is 32.0 Å². The molecule has 0 unspecified atom stereocenters. The molecule has 2 aromatic rings. The van der Waals surface area contributed by atoms with Crippen LogP contribution >= 0.6 is 27.3 Å². The predicted octanol–water partition coefficient (Wildman–Crippen LogP) is 3.91. The molecule has 1 heterocycles. The zero-order valence-corrected chi connectivity index (χ0v) is 11.2. The van der Waals surface area contributed by atoms with Gasteiger partial charge < -0.3 is 4.90 Å². The first-order valence-corrected chi connectivity index (χ1v) is 6.66. The smallest absolute Gasteiger partial charge is 0.186 e. The van der Waals surface area contributed by atoms with Gasteiger partial charge in [-0.15, -0.1) is 0 Å². The molecular formula is C11H13BrN2S. The highest BCUT2D eigenvalue weighted by Gasteiger charge is 2.08. The standard InChI is InChI=1S/C11H13BrN2S/c1-3-14(4-2)11-13-9-7-8(12)5-6-10(9)15-11/h5-7H,3-4H2,1-2H3. The minimum atomic E-state index is 1.01. The Morgan fingerprint density at radius 1 is 1.33 bits per heavy atom. The lowest BCUT2D eigenvalue weighted by atomic mass is 10.3. The Bertz CT molecular complexity index is 463. The van der Waals surface area contributed by atoms with Gasteiger partial charge >= 0.3 is 0 Å². The molecule has 0 atom stereocenters. The summed E-state index contributed by atoms with van der Waals surface area (Å²) in [6, 6.07) is 6.25. The zero-order valence-electron chi connectivity index (χ0n) is 8.83. The van der Waals surface area contributed by atoms with Gasteiger partial charge in [-0.25, -0.2) is 4.98 Å². The lowest BCUT2D eigenvalue weighted by Gasteiger charge is -2.16. The molecule has 2 rings (SSSR count). The van der Waals surface area contributed by atoms with E-state index in [2.05, 4.69) is 57.9 Å². The molecular weight excluding hydrogens is 272 g/mol. The molecule has 80 valence electrons. The van der Waals surface area contributed by atoms with E-state index in [9.17, 15) is 0 Å². The van der Waals surface area contributed by atoms with Gasteiger partial charge in [-0.1, -0.05) is 27.3 Å². The van der Waals surface area contributed by atoms with Gasteiger partial charge in [-0.3, -0.25) is 0 Å². The van der Waals surface area contributed by atoms with E-state index in [1.165, 1.54) is 4.70 Å². The SMILES string of the molecule is CCN(CC)c1nc2cc(Br)ccc2s1. The van der Waals surface area contributed by atoms with Crippen LogP contribution in [0, 0.1) is 0 Å². The van der Waals surface area contributed by atoms with Gasteiger partial charge in [0.15, 0.2) is 5.13 Å². The van der Waals surface area contributed by atoms with Gasteiger partial charge in [-0.2, -0.15) is 0 Å². The molecule has 0 aliphatic carbocycles. The van der Waals surface area contributed by atoms with Crippen LogP contribution in [0.4, 0.5) is 5.13 Å². The molecule has 4 heteroatoms. The minimum Gasteiger partial charge on any atom is -0.349 e. The van der Waals surface area contributed by atoms with Crippen molar-refractivity contribution in [2.45, 2.75) is 13.8 Å². The summed E-state index contributed by atoms with van der Waals surface area (Å²) in [5.74, 6) is 0. The molecule has 0 bridgehead atoms. The number of benzene rings is 1. The second kappa shape index (κ2) is 4.49. The maximum absolute atomic E-state index is 4.63. The lowest BCUT2D eigenvalue weighted by molar-refractivity contribution is 0.862. The summed E-state index contributed by atoms with van der Waals surface area (Å²) in [5, 5.41) is 1.12. The fraction of sp³-hybridized carbons (Fsp3) is 0.364. The van der Waals surface area contributed by atoms with Crippen molar-refractivity contribution in [3.05, 3.63) is 22.7 Å². The van der Waals surface area contributed by atoms with E-state index in [4.69, 9.17) is 0 Å². The summed E-state index contributed by atoms with van der Waals surface area (Å²) in [7, 11) is 0. The van der Waals surface area contributed by atoms with Crippen LogP contribution in [0.15, 0.2) is 22.7 Å². The van der Waals surface area contributed by atoms with Crippen LogP contribution in [0.3, 0.4) is 0 Å². The third-order valence-electron chi connectivity index (χ3n) is 2.37. The molecule has 1 aromatic heterocycles. The number of halogens is 1. The lowest BCUT2D eigenvalue weighted by Crippen LogP contribution is -2.21. The molecule has 0 aliphatic rings. The molecule has 0 radical (unpaired) electrons. The van der Waals surface area contributed by atoms with Crippen molar-refractivity contribution in [3.8, 4) is 0 Å². The van der Waals surface area contributed by atoms with Crippen molar-refractivity contribution >= 4 is 42.6 Å². The number of aromatic nitrogens is 1. The first-order valence-electron chi connectivity index (χ1n) is 5.05. The molecule has 0 saturated carbocycles. The Labute approximate surface area is 102 Å². The van der Waals surface area contributed by atoms with Crippen LogP contribution in [0.2, 0.25) is 0 Å². The highest BCUT2D eigenvalue weighted by Crippen LogP contribution is 2.30. The Balaban J connectivity index is 2.46. The quantitative estimate of drug-likeness (QED) is 0.850. The number of rotatable bonds is 3. The van der Waals surface area contributed by atoms with E-state index in [0.717, 1.165) is 28.2 Å². The predicted molar refractivity (Wildman–Crippen MR) is 70.9 cm³/mol. The molecule has 2 nitrogen and oxygen atoms in total. The number of thiazole rings is 1. The van der Waals surface area contributed by atoms with E-state index in [1.54, 1.807) is 11.3 Å². The fourth-order valence-corrected chi connectivity index (χ4v) is 2.94. The van der Waals surface area contributed by atoms with Crippen molar-refractivity contribution < 1.29 is 0 Å². The normalized spacial score (nSPS) is 10.9. The van der Waals surface area contributed by atoms with E-state index in [0.29, 0.717) is 0 Å². The van der Waals surface area contributed by atoms with Crippen LogP contribution in [0.25, 0.3) is 10.2 Å². The van der Waals surface area contributed by atoms with Gasteiger partial charge in [0, 0.05) is 17.6 Å². The molecule has 0 saturated heterocycles. The summed E-state index contributed by atoms with van der Waals surface area (Å²) >= 11 is 5.22. The number of hydrogen-bond donors (Lipinski definition) is 0. The van der Waals surface area contributed by atoms with E-state index >= 15 is 0 Å². The van der Waals surface area contributed by atoms with Crippen LogP contribution < -0.4 is 4.90 Å². The zero-order chi connectivity index (χ0) is 10.8. The van der Waals surface area contributed by atoms with E-state index < -0.39 is 0 Å². The van der Waals surface area contributed by atoms with Crippen LogP contribution in [0.1, 0.15) is 13.8 Å². The minimum absolute atomic E-state index is 1.01. The second-order valence-corrected chi connectivity index (χ2v) is 5.21. The maximum atomic E-state index is 4.63. The summed E-state index contributed by atoms with van der Waals surface area (Å²) in [6.45, 7) is 6.34. The van der Waals surface area contributed by atoms with Crippen molar-refractivity contribution in [2.75, 3.05) is 18.0 Å². The highest BCUT2D eigenvalue weighted by atomic mass is 79.9. The maximum Gasteiger partial charge on any atom is 0.186 e. The van der Waals surface area contributed by atoms with E-state index in [-0.39, 0.29) is 0 Å². The fourth-order valence-electron chi connectivity index (χ4n) is 1.52. The van der Waals surface area contributed by atoms with Crippen molar-refractivity contribution in [1.82, 2.24) is 4.98 Å². The molecule has 0 amide bonds. The largest absolute Gasteiger partial charge is 0.349 e. The summed E-state index contributed by atoms with van der Waals surface area (Å²) < 4.78 is 2.34. The number of nitrogens with zero attached hydrogens (tertiary/aromatic N) is 2. The molecule has 0 aliphatic heterocycles. The summed E-state index contributed by atoms with van der Waals surface area (Å²) in [4.78, 5) is 6.91. The highest BCUT2D eigenvalue weighted by molar-refractivity contribution is 9.10. The Morgan fingerprint density at radius 3 is 2.73 bits per heavy atom. The van der Waals surface area contributed by atoms with Gasteiger partial charge in [0.1, 0.15) is 0 Å². The monoisotopic (exact) mass is 284 g/mol. The first kappa shape index (κ1) is 10.9. The topological polar surface area (TPSA) is 16.1 Å². The van der Waals surface area contributed by atoms with Crippen molar-refractivity contribution in [1.29, 1.82) is 0 Å². The van der Waals surface area contributed by atoms with Crippen LogP contribution in [-0.2, 0) is 0 Å². The number of hydrogen-bond acceptors (Lipinski definition) is 3. The van der Waals surface area contributed by atoms with Gasteiger partial charge in [0.05, 0.1) is 10.2 Å².